The standard InChI is InChI=1S/C12H20N2OS/c1-8(2)12-10(6-13-9-4-5-9)16-11(14-12)7-15-3/h8-9,13H,4-7H2,1-3H3. The molecule has 90 valence electrons. The van der Waals surface area contributed by atoms with E-state index in [-0.39, 0.29) is 0 Å². The number of aromatic nitrogens is 1. The molecule has 1 aromatic rings. The van der Waals surface area contributed by atoms with Crippen LogP contribution in [-0.2, 0) is 17.9 Å². The highest BCUT2D eigenvalue weighted by atomic mass is 32.1. The van der Waals surface area contributed by atoms with E-state index in [1.807, 2.05) is 0 Å². The number of rotatable bonds is 6. The molecule has 0 aliphatic heterocycles. The van der Waals surface area contributed by atoms with E-state index in [0.29, 0.717) is 12.5 Å². The number of methoxy groups -OCH3 is 1. The zero-order valence-electron chi connectivity index (χ0n) is 10.2. The first-order valence-electron chi connectivity index (χ1n) is 5.91. The summed E-state index contributed by atoms with van der Waals surface area (Å²) in [5.74, 6) is 0.498. The summed E-state index contributed by atoms with van der Waals surface area (Å²) in [6.07, 6.45) is 2.67. The van der Waals surface area contributed by atoms with E-state index in [1.54, 1.807) is 18.4 Å². The van der Waals surface area contributed by atoms with Gasteiger partial charge < -0.3 is 10.1 Å². The average molecular weight is 240 g/mol. The van der Waals surface area contributed by atoms with Gasteiger partial charge in [-0.05, 0) is 18.8 Å². The third kappa shape index (κ3) is 3.03. The van der Waals surface area contributed by atoms with Gasteiger partial charge in [0.05, 0.1) is 12.3 Å². The van der Waals surface area contributed by atoms with E-state index >= 15 is 0 Å². The lowest BCUT2D eigenvalue weighted by Crippen LogP contribution is -2.15. The van der Waals surface area contributed by atoms with Crippen molar-refractivity contribution in [2.45, 2.75) is 51.8 Å². The molecule has 1 saturated carbocycles. The number of ether oxygens (including phenoxy) is 1. The van der Waals surface area contributed by atoms with Crippen molar-refractivity contribution in [3.8, 4) is 0 Å². The number of hydrogen-bond donors (Lipinski definition) is 1. The molecule has 0 atom stereocenters. The van der Waals surface area contributed by atoms with E-state index in [9.17, 15) is 0 Å². The molecule has 0 amide bonds. The van der Waals surface area contributed by atoms with Gasteiger partial charge in [0.2, 0.25) is 0 Å². The number of nitrogens with one attached hydrogen (secondary N) is 1. The molecule has 4 heteroatoms. The van der Waals surface area contributed by atoms with Crippen LogP contribution in [0.2, 0.25) is 0 Å². The van der Waals surface area contributed by atoms with Crippen molar-refractivity contribution >= 4 is 11.3 Å². The van der Waals surface area contributed by atoms with Crippen LogP contribution in [0.4, 0.5) is 0 Å². The Morgan fingerprint density at radius 3 is 2.81 bits per heavy atom. The first-order chi connectivity index (χ1) is 7.70. The maximum Gasteiger partial charge on any atom is 0.119 e. The normalized spacial score (nSPS) is 16.0. The molecule has 0 radical (unpaired) electrons. The van der Waals surface area contributed by atoms with Gasteiger partial charge in [0, 0.05) is 24.6 Å². The quantitative estimate of drug-likeness (QED) is 0.830. The fourth-order valence-electron chi connectivity index (χ4n) is 1.70. The number of thiazole rings is 1. The Hall–Kier alpha value is -0.450. The molecule has 0 saturated heterocycles. The summed E-state index contributed by atoms with van der Waals surface area (Å²) in [4.78, 5) is 6.03. The summed E-state index contributed by atoms with van der Waals surface area (Å²) in [7, 11) is 1.72. The minimum atomic E-state index is 0.498. The van der Waals surface area contributed by atoms with Gasteiger partial charge >= 0.3 is 0 Å². The van der Waals surface area contributed by atoms with E-state index in [2.05, 4.69) is 24.1 Å². The minimum absolute atomic E-state index is 0.498. The van der Waals surface area contributed by atoms with Gasteiger partial charge in [0.15, 0.2) is 0 Å². The van der Waals surface area contributed by atoms with Crippen molar-refractivity contribution in [2.24, 2.45) is 0 Å². The maximum absolute atomic E-state index is 5.14. The summed E-state index contributed by atoms with van der Waals surface area (Å²) in [5, 5.41) is 4.65. The largest absolute Gasteiger partial charge is 0.378 e. The molecule has 1 aromatic heterocycles. The molecule has 1 aliphatic carbocycles. The summed E-state index contributed by atoms with van der Waals surface area (Å²) < 4.78 is 5.14. The third-order valence-electron chi connectivity index (χ3n) is 2.72. The van der Waals surface area contributed by atoms with Crippen LogP contribution in [0.3, 0.4) is 0 Å². The Labute approximate surface area is 101 Å². The van der Waals surface area contributed by atoms with Crippen LogP contribution in [0.15, 0.2) is 0 Å². The molecule has 1 fully saturated rings. The molecular weight excluding hydrogens is 220 g/mol. The Kier molecular flexibility index (Phi) is 3.95. The first-order valence-corrected chi connectivity index (χ1v) is 6.73. The lowest BCUT2D eigenvalue weighted by molar-refractivity contribution is 0.184. The summed E-state index contributed by atoms with van der Waals surface area (Å²) in [6.45, 7) is 6.01. The zero-order chi connectivity index (χ0) is 11.5. The second-order valence-corrected chi connectivity index (χ2v) is 5.83. The zero-order valence-corrected chi connectivity index (χ0v) is 11.1. The van der Waals surface area contributed by atoms with E-state index in [4.69, 9.17) is 4.74 Å². The van der Waals surface area contributed by atoms with Gasteiger partial charge in [0.25, 0.3) is 0 Å². The van der Waals surface area contributed by atoms with E-state index in [0.717, 1.165) is 17.6 Å². The van der Waals surface area contributed by atoms with Crippen molar-refractivity contribution in [2.75, 3.05) is 7.11 Å². The van der Waals surface area contributed by atoms with Crippen molar-refractivity contribution < 1.29 is 4.74 Å². The molecule has 0 bridgehead atoms. The molecule has 1 heterocycles. The Balaban J connectivity index is 2.05. The number of hydrogen-bond acceptors (Lipinski definition) is 4. The highest BCUT2D eigenvalue weighted by Gasteiger charge is 2.22. The minimum Gasteiger partial charge on any atom is -0.378 e. The van der Waals surface area contributed by atoms with Crippen LogP contribution < -0.4 is 5.32 Å². The van der Waals surface area contributed by atoms with Crippen molar-refractivity contribution in [3.63, 3.8) is 0 Å². The number of nitrogens with zero attached hydrogens (tertiary/aromatic N) is 1. The predicted octanol–water partition coefficient (Wildman–Crippen LogP) is 2.66. The molecule has 16 heavy (non-hydrogen) atoms. The fourth-order valence-corrected chi connectivity index (χ4v) is 2.85. The van der Waals surface area contributed by atoms with Crippen LogP contribution in [0.5, 0.6) is 0 Å². The van der Waals surface area contributed by atoms with Crippen LogP contribution in [-0.4, -0.2) is 18.1 Å². The van der Waals surface area contributed by atoms with Crippen molar-refractivity contribution in [3.05, 3.63) is 15.6 Å². The molecule has 0 spiro atoms. The lowest BCUT2D eigenvalue weighted by atomic mass is 10.1. The second kappa shape index (κ2) is 5.25. The Bertz CT molecular complexity index is 345. The predicted molar refractivity (Wildman–Crippen MR) is 66.8 cm³/mol. The second-order valence-electron chi connectivity index (χ2n) is 4.66. The van der Waals surface area contributed by atoms with Crippen LogP contribution in [0.25, 0.3) is 0 Å². The SMILES string of the molecule is COCc1nc(C(C)C)c(CNC2CC2)s1. The highest BCUT2D eigenvalue weighted by Crippen LogP contribution is 2.27. The monoisotopic (exact) mass is 240 g/mol. The fraction of sp³-hybridized carbons (Fsp3) is 0.750. The van der Waals surface area contributed by atoms with Crippen molar-refractivity contribution in [1.29, 1.82) is 0 Å². The summed E-state index contributed by atoms with van der Waals surface area (Å²) in [6, 6.07) is 0.757. The smallest absolute Gasteiger partial charge is 0.119 e. The van der Waals surface area contributed by atoms with Crippen LogP contribution in [0.1, 0.15) is 48.2 Å². The maximum atomic E-state index is 5.14. The molecule has 3 nitrogen and oxygen atoms in total. The van der Waals surface area contributed by atoms with Gasteiger partial charge in [-0.2, -0.15) is 0 Å². The van der Waals surface area contributed by atoms with E-state index in [1.165, 1.54) is 23.4 Å². The average Bonchev–Trinajstić information content (AvgIpc) is 2.97. The molecule has 2 rings (SSSR count). The summed E-state index contributed by atoms with van der Waals surface area (Å²) in [5.41, 5.74) is 1.24. The van der Waals surface area contributed by atoms with Gasteiger partial charge in [-0.15, -0.1) is 11.3 Å². The van der Waals surface area contributed by atoms with Crippen LogP contribution in [0, 0.1) is 0 Å². The summed E-state index contributed by atoms with van der Waals surface area (Å²) >= 11 is 1.78. The molecule has 1 aliphatic rings. The Morgan fingerprint density at radius 1 is 1.50 bits per heavy atom. The molecule has 0 unspecified atom stereocenters. The first kappa shape index (κ1) is 12.0. The van der Waals surface area contributed by atoms with Crippen molar-refractivity contribution in [1.82, 2.24) is 10.3 Å². The third-order valence-corrected chi connectivity index (χ3v) is 3.76. The van der Waals surface area contributed by atoms with Gasteiger partial charge in [-0.1, -0.05) is 13.8 Å². The topological polar surface area (TPSA) is 34.1 Å². The van der Waals surface area contributed by atoms with Crippen LogP contribution >= 0.6 is 11.3 Å². The molecular formula is C12H20N2OS. The Morgan fingerprint density at radius 2 is 2.25 bits per heavy atom. The van der Waals surface area contributed by atoms with Gasteiger partial charge in [-0.3, -0.25) is 0 Å². The highest BCUT2D eigenvalue weighted by molar-refractivity contribution is 7.11. The lowest BCUT2D eigenvalue weighted by Gasteiger charge is -2.05. The molecule has 1 N–H and O–H groups in total. The van der Waals surface area contributed by atoms with Gasteiger partial charge in [-0.25, -0.2) is 4.98 Å². The molecule has 0 aromatic carbocycles. The van der Waals surface area contributed by atoms with E-state index < -0.39 is 0 Å². The van der Waals surface area contributed by atoms with Gasteiger partial charge in [0.1, 0.15) is 5.01 Å².